The summed E-state index contributed by atoms with van der Waals surface area (Å²) < 4.78 is 40.7. The Morgan fingerprint density at radius 2 is 1.95 bits per heavy atom. The van der Waals surface area contributed by atoms with Gasteiger partial charge < -0.3 is 15.4 Å². The van der Waals surface area contributed by atoms with Crippen molar-refractivity contribution in [3.63, 3.8) is 0 Å². The normalized spacial score (nSPS) is 19.6. The second-order valence-electron chi connectivity index (χ2n) is 4.91. The first-order chi connectivity index (χ1) is 9.94. The highest BCUT2D eigenvalue weighted by Gasteiger charge is 2.28. The second-order valence-corrected chi connectivity index (χ2v) is 4.91. The molecule has 1 aromatic rings. The lowest BCUT2D eigenvalue weighted by atomic mass is 10.1. The molecule has 0 radical (unpaired) electrons. The molecule has 1 aliphatic rings. The maximum Gasteiger partial charge on any atom is 0.422 e. The molecule has 2 rings (SSSR count). The monoisotopic (exact) mass is 302 g/mol. The molecule has 21 heavy (non-hydrogen) atoms. The van der Waals surface area contributed by atoms with E-state index in [0.29, 0.717) is 12.2 Å². The van der Waals surface area contributed by atoms with Crippen LogP contribution >= 0.6 is 0 Å². The van der Waals surface area contributed by atoms with Crippen LogP contribution in [0.3, 0.4) is 0 Å². The maximum atomic E-state index is 12.0. The smallest absolute Gasteiger partial charge is 0.422 e. The lowest BCUT2D eigenvalue weighted by molar-refractivity contribution is -0.153. The van der Waals surface area contributed by atoms with Gasteiger partial charge in [0, 0.05) is 12.2 Å². The van der Waals surface area contributed by atoms with Crippen molar-refractivity contribution >= 4 is 11.6 Å². The third-order valence-electron chi connectivity index (χ3n) is 3.13. The second kappa shape index (κ2) is 6.69. The fourth-order valence-electron chi connectivity index (χ4n) is 2.09. The number of benzene rings is 1. The number of carbonyl (C=O) groups excluding carboxylic acids is 1. The number of rotatable bonds is 4. The number of ether oxygens (including phenoxy) is 1. The Balaban J connectivity index is 1.91. The average molecular weight is 302 g/mol. The maximum absolute atomic E-state index is 12.0. The van der Waals surface area contributed by atoms with Gasteiger partial charge in [-0.25, -0.2) is 0 Å². The highest BCUT2D eigenvalue weighted by Crippen LogP contribution is 2.21. The van der Waals surface area contributed by atoms with E-state index in [4.69, 9.17) is 0 Å². The topological polar surface area (TPSA) is 50.4 Å². The van der Waals surface area contributed by atoms with E-state index in [2.05, 4.69) is 15.4 Å². The molecule has 0 saturated carbocycles. The minimum atomic E-state index is -4.35. The van der Waals surface area contributed by atoms with Gasteiger partial charge in [-0.1, -0.05) is 0 Å². The zero-order chi connectivity index (χ0) is 15.3. The third-order valence-corrected chi connectivity index (χ3v) is 3.13. The quantitative estimate of drug-likeness (QED) is 0.899. The van der Waals surface area contributed by atoms with E-state index in [1.165, 1.54) is 12.1 Å². The molecular weight excluding hydrogens is 285 g/mol. The molecule has 0 spiro atoms. The highest BCUT2D eigenvalue weighted by molar-refractivity contribution is 5.84. The van der Waals surface area contributed by atoms with Gasteiger partial charge in [-0.15, -0.1) is 0 Å². The number of alkyl halides is 3. The van der Waals surface area contributed by atoms with E-state index in [-0.39, 0.29) is 17.7 Å². The first kappa shape index (κ1) is 15.5. The van der Waals surface area contributed by atoms with Crippen molar-refractivity contribution in [1.29, 1.82) is 0 Å². The standard InChI is InChI=1S/C14H17F3N2O2/c15-14(16,17)9-21-11-6-4-10(5-7-11)19-12-3-1-2-8-18-13(12)20/h4-7,12,19H,1-3,8-9H2,(H,18,20)/t12-/m1/s1. The van der Waals surface area contributed by atoms with Crippen molar-refractivity contribution in [2.45, 2.75) is 31.5 Å². The molecule has 1 fully saturated rings. The average Bonchev–Trinajstić information content (AvgIpc) is 2.63. The predicted octanol–water partition coefficient (Wildman–Crippen LogP) is 2.71. The first-order valence-electron chi connectivity index (χ1n) is 6.78. The molecule has 1 aromatic carbocycles. The summed E-state index contributed by atoms with van der Waals surface area (Å²) in [6.45, 7) is -0.633. The van der Waals surface area contributed by atoms with E-state index in [0.717, 1.165) is 19.3 Å². The summed E-state index contributed by atoms with van der Waals surface area (Å²) in [6, 6.07) is 5.79. The molecular formula is C14H17F3N2O2. The van der Waals surface area contributed by atoms with E-state index < -0.39 is 12.8 Å². The number of anilines is 1. The number of hydrogen-bond acceptors (Lipinski definition) is 3. The molecule has 116 valence electrons. The summed E-state index contributed by atoms with van der Waals surface area (Å²) in [4.78, 5) is 11.8. The van der Waals surface area contributed by atoms with Crippen molar-refractivity contribution in [1.82, 2.24) is 5.32 Å². The fraction of sp³-hybridized carbons (Fsp3) is 0.500. The Bertz CT molecular complexity index is 474. The van der Waals surface area contributed by atoms with Crippen molar-refractivity contribution in [2.75, 3.05) is 18.5 Å². The largest absolute Gasteiger partial charge is 0.484 e. The predicted molar refractivity (Wildman–Crippen MR) is 72.3 cm³/mol. The Morgan fingerprint density at radius 1 is 1.24 bits per heavy atom. The van der Waals surface area contributed by atoms with E-state index in [9.17, 15) is 18.0 Å². The molecule has 0 aliphatic carbocycles. The van der Waals surface area contributed by atoms with Crippen molar-refractivity contribution in [2.24, 2.45) is 0 Å². The fourth-order valence-corrected chi connectivity index (χ4v) is 2.09. The van der Waals surface area contributed by atoms with Gasteiger partial charge in [0.25, 0.3) is 0 Å². The molecule has 1 saturated heterocycles. The zero-order valence-corrected chi connectivity index (χ0v) is 11.4. The molecule has 2 N–H and O–H groups in total. The summed E-state index contributed by atoms with van der Waals surface area (Å²) >= 11 is 0. The molecule has 0 bridgehead atoms. The molecule has 1 aliphatic heterocycles. The minimum absolute atomic E-state index is 0.0510. The van der Waals surface area contributed by atoms with Crippen LogP contribution in [0.5, 0.6) is 5.75 Å². The summed E-state index contributed by atoms with van der Waals surface area (Å²) in [6.07, 6.45) is -1.72. The summed E-state index contributed by atoms with van der Waals surface area (Å²) in [5.74, 6) is 0.0908. The van der Waals surface area contributed by atoms with Crippen molar-refractivity contribution < 1.29 is 22.7 Å². The minimum Gasteiger partial charge on any atom is -0.484 e. The van der Waals surface area contributed by atoms with Crippen LogP contribution in [-0.4, -0.2) is 31.3 Å². The number of nitrogens with one attached hydrogen (secondary N) is 2. The number of carbonyl (C=O) groups is 1. The van der Waals surface area contributed by atoms with Crippen LogP contribution in [0, 0.1) is 0 Å². The number of halogens is 3. The van der Waals surface area contributed by atoms with E-state index >= 15 is 0 Å². The van der Waals surface area contributed by atoms with Crippen LogP contribution in [0.2, 0.25) is 0 Å². The van der Waals surface area contributed by atoms with Crippen LogP contribution in [0.25, 0.3) is 0 Å². The van der Waals surface area contributed by atoms with Gasteiger partial charge in [-0.05, 0) is 43.5 Å². The van der Waals surface area contributed by atoms with Gasteiger partial charge in [0.2, 0.25) is 5.91 Å². The van der Waals surface area contributed by atoms with Crippen molar-refractivity contribution in [3.05, 3.63) is 24.3 Å². The Hall–Kier alpha value is -1.92. The highest BCUT2D eigenvalue weighted by atomic mass is 19.4. The third kappa shape index (κ3) is 5.17. The van der Waals surface area contributed by atoms with Gasteiger partial charge in [0.15, 0.2) is 6.61 Å². The van der Waals surface area contributed by atoms with E-state index in [1.54, 1.807) is 12.1 Å². The Morgan fingerprint density at radius 3 is 2.62 bits per heavy atom. The van der Waals surface area contributed by atoms with Crippen LogP contribution in [0.15, 0.2) is 24.3 Å². The summed E-state index contributed by atoms with van der Waals surface area (Å²) in [5, 5.41) is 5.89. The van der Waals surface area contributed by atoms with Gasteiger partial charge in [-0.3, -0.25) is 4.79 Å². The molecule has 7 heteroatoms. The van der Waals surface area contributed by atoms with Crippen LogP contribution < -0.4 is 15.4 Å². The van der Waals surface area contributed by atoms with Crippen LogP contribution in [-0.2, 0) is 4.79 Å². The van der Waals surface area contributed by atoms with Gasteiger partial charge in [0.05, 0.1) is 0 Å². The molecule has 1 amide bonds. The Labute approximate surface area is 120 Å². The number of hydrogen-bond donors (Lipinski definition) is 2. The van der Waals surface area contributed by atoms with Gasteiger partial charge >= 0.3 is 6.18 Å². The van der Waals surface area contributed by atoms with Gasteiger partial charge in [-0.2, -0.15) is 13.2 Å². The van der Waals surface area contributed by atoms with Crippen LogP contribution in [0.4, 0.5) is 18.9 Å². The molecule has 1 heterocycles. The molecule has 4 nitrogen and oxygen atoms in total. The lowest BCUT2D eigenvalue weighted by Crippen LogP contribution is -2.37. The SMILES string of the molecule is O=C1NCCCC[C@H]1Nc1ccc(OCC(F)(F)F)cc1. The van der Waals surface area contributed by atoms with Crippen molar-refractivity contribution in [3.8, 4) is 5.75 Å². The zero-order valence-electron chi connectivity index (χ0n) is 11.4. The molecule has 1 atom stereocenters. The summed E-state index contributed by atoms with van der Waals surface area (Å²) in [5.41, 5.74) is 0.677. The summed E-state index contributed by atoms with van der Waals surface area (Å²) in [7, 11) is 0. The molecule has 0 aromatic heterocycles. The lowest BCUT2D eigenvalue weighted by Gasteiger charge is -2.17. The van der Waals surface area contributed by atoms with E-state index in [1.807, 2.05) is 0 Å². The number of amides is 1. The van der Waals surface area contributed by atoms with Gasteiger partial charge in [0.1, 0.15) is 11.8 Å². The first-order valence-corrected chi connectivity index (χ1v) is 6.78. The molecule has 0 unspecified atom stereocenters. The van der Waals surface area contributed by atoms with Crippen LogP contribution in [0.1, 0.15) is 19.3 Å². The Kier molecular flexibility index (Phi) is 4.93.